The minimum absolute atomic E-state index is 0.629. The van der Waals surface area contributed by atoms with E-state index in [2.05, 4.69) is 15.7 Å². The van der Waals surface area contributed by atoms with Crippen molar-refractivity contribution >= 4 is 34.6 Å². The molecular formula is C13H15ClN4S. The van der Waals surface area contributed by atoms with E-state index in [0.717, 1.165) is 25.2 Å². The zero-order chi connectivity index (χ0) is 13.5. The van der Waals surface area contributed by atoms with Gasteiger partial charge in [-0.2, -0.15) is 5.10 Å². The van der Waals surface area contributed by atoms with E-state index in [1.807, 2.05) is 41.2 Å². The van der Waals surface area contributed by atoms with E-state index in [9.17, 15) is 0 Å². The molecular weight excluding hydrogens is 280 g/mol. The highest BCUT2D eigenvalue weighted by atomic mass is 35.5. The van der Waals surface area contributed by atoms with Crippen molar-refractivity contribution in [3.05, 3.63) is 47.7 Å². The molecule has 0 amide bonds. The molecule has 0 aliphatic heterocycles. The van der Waals surface area contributed by atoms with Gasteiger partial charge in [-0.3, -0.25) is 4.68 Å². The van der Waals surface area contributed by atoms with E-state index in [0.29, 0.717) is 10.1 Å². The molecule has 19 heavy (non-hydrogen) atoms. The lowest BCUT2D eigenvalue weighted by atomic mass is 10.3. The van der Waals surface area contributed by atoms with Gasteiger partial charge in [-0.05, 0) is 30.8 Å². The molecule has 1 aromatic carbocycles. The van der Waals surface area contributed by atoms with Gasteiger partial charge in [-0.1, -0.05) is 29.8 Å². The van der Waals surface area contributed by atoms with Gasteiger partial charge in [0.1, 0.15) is 0 Å². The average Bonchev–Trinajstić information content (AvgIpc) is 2.82. The number of aryl methyl sites for hydroxylation is 1. The Bertz CT molecular complexity index is 526. The Labute approximate surface area is 122 Å². The lowest BCUT2D eigenvalue weighted by molar-refractivity contribution is 0.574. The zero-order valence-corrected chi connectivity index (χ0v) is 11.9. The fourth-order valence-electron chi connectivity index (χ4n) is 1.60. The molecule has 1 aromatic heterocycles. The summed E-state index contributed by atoms with van der Waals surface area (Å²) in [5, 5.41) is 11.7. The minimum Gasteiger partial charge on any atom is -0.362 e. The first kappa shape index (κ1) is 13.8. The Kier molecular flexibility index (Phi) is 5.18. The van der Waals surface area contributed by atoms with Crippen molar-refractivity contribution in [1.82, 2.24) is 15.1 Å². The molecule has 1 heterocycles. The van der Waals surface area contributed by atoms with Crippen LogP contribution in [-0.4, -0.2) is 21.4 Å². The van der Waals surface area contributed by atoms with Crippen LogP contribution in [0.3, 0.4) is 0 Å². The van der Waals surface area contributed by atoms with Crippen molar-refractivity contribution in [1.29, 1.82) is 0 Å². The van der Waals surface area contributed by atoms with Crippen LogP contribution in [0.2, 0.25) is 5.02 Å². The number of hydrogen-bond donors (Lipinski definition) is 2. The molecule has 0 unspecified atom stereocenters. The summed E-state index contributed by atoms with van der Waals surface area (Å²) in [6, 6.07) is 9.84. The van der Waals surface area contributed by atoms with E-state index in [4.69, 9.17) is 23.8 Å². The van der Waals surface area contributed by atoms with Gasteiger partial charge in [0.2, 0.25) is 0 Å². The molecule has 0 spiro atoms. The van der Waals surface area contributed by atoms with Crippen LogP contribution in [0.15, 0.2) is 42.7 Å². The molecule has 0 fully saturated rings. The second kappa shape index (κ2) is 7.11. The summed E-state index contributed by atoms with van der Waals surface area (Å²) in [4.78, 5) is 0. The maximum Gasteiger partial charge on any atom is 0.170 e. The summed E-state index contributed by atoms with van der Waals surface area (Å²) in [6.07, 6.45) is 4.37. The van der Waals surface area contributed by atoms with Crippen molar-refractivity contribution in [3.8, 4) is 0 Å². The van der Waals surface area contributed by atoms with Gasteiger partial charge < -0.3 is 10.6 Å². The lowest BCUT2D eigenvalue weighted by Crippen LogP contribution is -2.29. The number of halogens is 1. The highest BCUT2D eigenvalue weighted by Gasteiger charge is 1.98. The lowest BCUT2D eigenvalue weighted by Gasteiger charge is -2.10. The van der Waals surface area contributed by atoms with Gasteiger partial charge in [-0.15, -0.1) is 0 Å². The quantitative estimate of drug-likeness (QED) is 0.657. The van der Waals surface area contributed by atoms with Gasteiger partial charge in [0.05, 0.1) is 11.2 Å². The average molecular weight is 295 g/mol. The molecule has 0 aliphatic rings. The standard InChI is InChI=1S/C13H15ClN4S/c14-11-9-16-18(10-11)8-4-7-15-13(19)17-12-5-2-1-3-6-12/h1-3,5-6,9-10H,4,7-8H2,(H2,15,17,19). The molecule has 2 aromatic rings. The molecule has 0 radical (unpaired) electrons. The Morgan fingerprint density at radius 1 is 1.32 bits per heavy atom. The van der Waals surface area contributed by atoms with E-state index in [-0.39, 0.29) is 0 Å². The van der Waals surface area contributed by atoms with Crippen LogP contribution in [0.1, 0.15) is 6.42 Å². The zero-order valence-electron chi connectivity index (χ0n) is 10.3. The van der Waals surface area contributed by atoms with Gasteiger partial charge in [0.15, 0.2) is 5.11 Å². The second-order valence-electron chi connectivity index (χ2n) is 4.02. The van der Waals surface area contributed by atoms with Gasteiger partial charge in [-0.25, -0.2) is 0 Å². The fourth-order valence-corrected chi connectivity index (χ4v) is 1.98. The maximum atomic E-state index is 5.78. The molecule has 0 saturated heterocycles. The molecule has 6 heteroatoms. The first-order valence-corrected chi connectivity index (χ1v) is 6.80. The minimum atomic E-state index is 0.629. The summed E-state index contributed by atoms with van der Waals surface area (Å²) in [7, 11) is 0. The highest BCUT2D eigenvalue weighted by Crippen LogP contribution is 2.05. The monoisotopic (exact) mass is 294 g/mol. The number of benzene rings is 1. The molecule has 100 valence electrons. The van der Waals surface area contributed by atoms with E-state index in [1.54, 1.807) is 6.20 Å². The predicted octanol–water partition coefficient (Wildman–Crippen LogP) is 2.91. The van der Waals surface area contributed by atoms with Crippen molar-refractivity contribution in [2.45, 2.75) is 13.0 Å². The maximum absolute atomic E-state index is 5.78. The third-order valence-corrected chi connectivity index (χ3v) is 2.92. The summed E-state index contributed by atoms with van der Waals surface area (Å²) < 4.78 is 1.82. The Hall–Kier alpha value is -1.59. The normalized spacial score (nSPS) is 10.2. The number of para-hydroxylation sites is 1. The number of hydrogen-bond acceptors (Lipinski definition) is 2. The molecule has 0 saturated carbocycles. The molecule has 2 rings (SSSR count). The number of nitrogens with zero attached hydrogens (tertiary/aromatic N) is 2. The van der Waals surface area contributed by atoms with Crippen LogP contribution >= 0.6 is 23.8 Å². The Morgan fingerprint density at radius 2 is 2.11 bits per heavy atom. The van der Waals surface area contributed by atoms with Crippen LogP contribution in [0.25, 0.3) is 0 Å². The topological polar surface area (TPSA) is 41.9 Å². The Morgan fingerprint density at radius 3 is 2.79 bits per heavy atom. The summed E-state index contributed by atoms with van der Waals surface area (Å²) >= 11 is 11.0. The fraction of sp³-hybridized carbons (Fsp3) is 0.231. The molecule has 4 nitrogen and oxygen atoms in total. The third-order valence-electron chi connectivity index (χ3n) is 2.48. The van der Waals surface area contributed by atoms with Crippen LogP contribution < -0.4 is 10.6 Å². The molecule has 0 aliphatic carbocycles. The molecule has 0 atom stereocenters. The van der Waals surface area contributed by atoms with Crippen molar-refractivity contribution in [2.24, 2.45) is 0 Å². The number of anilines is 1. The van der Waals surface area contributed by atoms with Crippen molar-refractivity contribution in [3.63, 3.8) is 0 Å². The summed E-state index contributed by atoms with van der Waals surface area (Å²) in [5.41, 5.74) is 0.985. The first-order valence-electron chi connectivity index (χ1n) is 6.02. The van der Waals surface area contributed by atoms with Crippen LogP contribution in [-0.2, 0) is 6.54 Å². The third kappa shape index (κ3) is 4.89. The Balaban J connectivity index is 1.64. The number of nitrogens with one attached hydrogen (secondary N) is 2. The smallest absolute Gasteiger partial charge is 0.170 e. The van der Waals surface area contributed by atoms with E-state index >= 15 is 0 Å². The molecule has 0 bridgehead atoms. The van der Waals surface area contributed by atoms with Crippen molar-refractivity contribution < 1.29 is 0 Å². The van der Waals surface area contributed by atoms with Crippen LogP contribution in [0, 0.1) is 0 Å². The van der Waals surface area contributed by atoms with Gasteiger partial charge in [0.25, 0.3) is 0 Å². The van der Waals surface area contributed by atoms with Crippen molar-refractivity contribution in [2.75, 3.05) is 11.9 Å². The van der Waals surface area contributed by atoms with Gasteiger partial charge >= 0.3 is 0 Å². The SMILES string of the molecule is S=C(NCCCn1cc(Cl)cn1)Nc1ccccc1. The highest BCUT2D eigenvalue weighted by molar-refractivity contribution is 7.80. The largest absolute Gasteiger partial charge is 0.362 e. The van der Waals surface area contributed by atoms with E-state index < -0.39 is 0 Å². The molecule has 2 N–H and O–H groups in total. The van der Waals surface area contributed by atoms with Crippen LogP contribution in [0.5, 0.6) is 0 Å². The van der Waals surface area contributed by atoms with Crippen LogP contribution in [0.4, 0.5) is 5.69 Å². The van der Waals surface area contributed by atoms with E-state index in [1.165, 1.54) is 0 Å². The number of thiocarbonyl (C=S) groups is 1. The van der Waals surface area contributed by atoms with Gasteiger partial charge in [0, 0.05) is 25.0 Å². The predicted molar refractivity (Wildman–Crippen MR) is 82.5 cm³/mol. The number of rotatable bonds is 5. The summed E-state index contributed by atoms with van der Waals surface area (Å²) in [6.45, 7) is 1.60. The second-order valence-corrected chi connectivity index (χ2v) is 4.87. The summed E-state index contributed by atoms with van der Waals surface area (Å²) in [5.74, 6) is 0. The number of aromatic nitrogens is 2. The first-order chi connectivity index (χ1) is 9.24.